The summed E-state index contributed by atoms with van der Waals surface area (Å²) in [7, 11) is 0. The minimum Gasteiger partial charge on any atom is -0.406 e. The first-order chi connectivity index (χ1) is 19.5. The number of nitrogens with zero attached hydrogens (tertiary/aromatic N) is 2. The third-order valence-electron chi connectivity index (χ3n) is 5.70. The van der Waals surface area contributed by atoms with Crippen molar-refractivity contribution in [2.45, 2.75) is 26.1 Å². The van der Waals surface area contributed by atoms with Crippen molar-refractivity contribution in [1.82, 2.24) is 15.6 Å². The summed E-state index contributed by atoms with van der Waals surface area (Å²) in [5.74, 6) is -0.646. The van der Waals surface area contributed by atoms with Crippen LogP contribution in [0.5, 0.6) is 5.75 Å². The van der Waals surface area contributed by atoms with Gasteiger partial charge in [0.25, 0.3) is 5.91 Å². The molecule has 1 heterocycles. The summed E-state index contributed by atoms with van der Waals surface area (Å²) in [4.78, 5) is 12.5. The minimum absolute atomic E-state index is 0.0668. The number of aromatic nitrogens is 2. The molecule has 1 aromatic heterocycles. The Morgan fingerprint density at radius 3 is 2.39 bits per heavy atom. The van der Waals surface area contributed by atoms with Gasteiger partial charge in [0.1, 0.15) is 10.8 Å². The van der Waals surface area contributed by atoms with E-state index >= 15 is 0 Å². The summed E-state index contributed by atoms with van der Waals surface area (Å²) >= 11 is 11.8. The lowest BCUT2D eigenvalue weighted by atomic mass is 10.0. The summed E-state index contributed by atoms with van der Waals surface area (Å²) in [6, 6.07) is 19.6. The lowest BCUT2D eigenvalue weighted by Crippen LogP contribution is -2.24. The van der Waals surface area contributed by atoms with Crippen LogP contribution in [0, 0.1) is 0 Å². The molecule has 4 aromatic rings. The van der Waals surface area contributed by atoms with Crippen LogP contribution in [-0.4, -0.2) is 33.8 Å². The normalized spacial score (nSPS) is 11.5. The molecule has 0 fully saturated rings. The summed E-state index contributed by atoms with van der Waals surface area (Å²) < 4.78 is 40.8. The number of hydrazone groups is 1. The molecule has 0 saturated heterocycles. The number of benzene rings is 3. The van der Waals surface area contributed by atoms with Gasteiger partial charge in [0, 0.05) is 16.8 Å². The number of ether oxygens (including phenoxy) is 1. The van der Waals surface area contributed by atoms with Crippen molar-refractivity contribution in [3.05, 3.63) is 94.5 Å². The van der Waals surface area contributed by atoms with Gasteiger partial charge in [-0.2, -0.15) is 10.2 Å². The highest BCUT2D eigenvalue weighted by atomic mass is 35.5. The summed E-state index contributed by atoms with van der Waals surface area (Å²) in [6.07, 6.45) is -3.21. The number of hydrogen-bond acceptors (Lipinski definition) is 5. The molecule has 0 atom stereocenters. The Balaban J connectivity index is 1.34. The molecular weight excluding hydrogens is 577 g/mol. The smallest absolute Gasteiger partial charge is 0.406 e. The Labute approximate surface area is 244 Å². The molecule has 4 N–H and O–H groups in total. The van der Waals surface area contributed by atoms with E-state index in [1.165, 1.54) is 12.1 Å². The number of anilines is 2. The maximum absolute atomic E-state index is 12.5. The lowest BCUT2D eigenvalue weighted by molar-refractivity contribution is -0.274. The highest BCUT2D eigenvalue weighted by molar-refractivity contribution is 7.80. The van der Waals surface area contributed by atoms with Crippen molar-refractivity contribution in [1.29, 1.82) is 0 Å². The number of nitrogens with one attached hydrogen (secondary N) is 4. The first-order valence-corrected chi connectivity index (χ1v) is 13.0. The van der Waals surface area contributed by atoms with Gasteiger partial charge in [-0.05, 0) is 59.6 Å². The second-order valence-corrected chi connectivity index (χ2v) is 9.76. The van der Waals surface area contributed by atoms with Crippen molar-refractivity contribution in [2.24, 2.45) is 5.10 Å². The molecule has 0 unspecified atom stereocenters. The van der Waals surface area contributed by atoms with Gasteiger partial charge >= 0.3 is 6.36 Å². The van der Waals surface area contributed by atoms with Gasteiger partial charge in [0.2, 0.25) is 0 Å². The highest BCUT2D eigenvalue weighted by Crippen LogP contribution is 2.32. The van der Waals surface area contributed by atoms with Crippen molar-refractivity contribution in [3.8, 4) is 17.0 Å². The average Bonchev–Trinajstić information content (AvgIpc) is 3.28. The minimum atomic E-state index is -4.82. The van der Waals surface area contributed by atoms with E-state index in [4.69, 9.17) is 23.8 Å². The molecule has 3 aromatic carbocycles. The van der Waals surface area contributed by atoms with Crippen LogP contribution in [0.25, 0.3) is 11.3 Å². The molecule has 13 heteroatoms. The van der Waals surface area contributed by atoms with Crippen molar-refractivity contribution in [3.63, 3.8) is 0 Å². The quantitative estimate of drug-likeness (QED) is 0.0959. The first-order valence-electron chi connectivity index (χ1n) is 12.2. The van der Waals surface area contributed by atoms with Crippen LogP contribution in [0.15, 0.2) is 77.9 Å². The maximum Gasteiger partial charge on any atom is 0.573 e. The number of aromatic amines is 1. The van der Waals surface area contributed by atoms with Crippen LogP contribution in [0.3, 0.4) is 0 Å². The zero-order valence-corrected chi connectivity index (χ0v) is 23.3. The largest absolute Gasteiger partial charge is 0.573 e. The number of halogens is 4. The van der Waals surface area contributed by atoms with E-state index in [-0.39, 0.29) is 16.4 Å². The van der Waals surface area contributed by atoms with E-state index in [9.17, 15) is 18.0 Å². The van der Waals surface area contributed by atoms with E-state index in [0.717, 1.165) is 28.9 Å². The van der Waals surface area contributed by atoms with Gasteiger partial charge in [-0.3, -0.25) is 15.3 Å². The van der Waals surface area contributed by atoms with Gasteiger partial charge in [-0.25, -0.2) is 0 Å². The number of hydrogen-bond donors (Lipinski definition) is 4. The molecule has 0 bridgehead atoms. The molecule has 0 aliphatic heterocycles. The molecular formula is C28H24ClF3N6O2S. The molecule has 0 saturated carbocycles. The Bertz CT molecular complexity index is 1550. The Kier molecular flexibility index (Phi) is 9.25. The molecule has 0 aliphatic carbocycles. The zero-order valence-electron chi connectivity index (χ0n) is 21.7. The lowest BCUT2D eigenvalue weighted by Gasteiger charge is -2.14. The summed E-state index contributed by atoms with van der Waals surface area (Å²) in [6.45, 7) is 4.21. The van der Waals surface area contributed by atoms with Gasteiger partial charge < -0.3 is 15.4 Å². The fourth-order valence-electron chi connectivity index (χ4n) is 3.76. The van der Waals surface area contributed by atoms with E-state index in [0.29, 0.717) is 22.3 Å². The van der Waals surface area contributed by atoms with E-state index in [1.807, 2.05) is 36.4 Å². The Hall–Kier alpha value is -4.42. The number of alkyl halides is 3. The van der Waals surface area contributed by atoms with Crippen molar-refractivity contribution in [2.75, 3.05) is 10.6 Å². The topological polar surface area (TPSA) is 103 Å². The zero-order chi connectivity index (χ0) is 29.6. The van der Waals surface area contributed by atoms with Crippen LogP contribution in [0.2, 0.25) is 5.02 Å². The second kappa shape index (κ2) is 12.8. The molecule has 41 heavy (non-hydrogen) atoms. The second-order valence-electron chi connectivity index (χ2n) is 8.98. The number of amides is 1. The highest BCUT2D eigenvalue weighted by Gasteiger charge is 2.31. The fourth-order valence-corrected chi connectivity index (χ4v) is 4.16. The molecule has 1 amide bonds. The summed E-state index contributed by atoms with van der Waals surface area (Å²) in [5.41, 5.74) is 6.91. The SMILES string of the molecule is CC(C)c1ccccc1NC(=S)N/N=C/c1ccc(-c2[nH]nc(NC(=O)c3ccc(OC(F)(F)F)cc3)c2Cl)cc1. The third kappa shape index (κ3) is 8.05. The standard InChI is InChI=1S/C28H24ClF3N6O2S/c1-16(2)21-5-3-4-6-22(21)34-27(41)38-33-15-17-7-9-18(10-8-17)24-23(29)25(37-36-24)35-26(39)19-11-13-20(14-12-19)40-28(30,31)32/h3-16H,1-2H3,(H2,34,38,41)(H2,35,36,37,39)/b33-15+. The fraction of sp³-hybridized carbons (Fsp3) is 0.143. The van der Waals surface area contributed by atoms with Crippen LogP contribution in [0.1, 0.15) is 41.3 Å². The number of carbonyl (C=O) groups excluding carboxylic acids is 1. The maximum atomic E-state index is 12.5. The van der Waals surface area contributed by atoms with Gasteiger partial charge in [0.05, 0.1) is 11.9 Å². The van der Waals surface area contributed by atoms with Crippen LogP contribution in [0.4, 0.5) is 24.7 Å². The van der Waals surface area contributed by atoms with Gasteiger partial charge in [0.15, 0.2) is 10.9 Å². The Morgan fingerprint density at radius 2 is 1.73 bits per heavy atom. The molecule has 0 radical (unpaired) electrons. The van der Waals surface area contributed by atoms with Gasteiger partial charge in [-0.1, -0.05) is 67.9 Å². The molecule has 8 nitrogen and oxygen atoms in total. The third-order valence-corrected chi connectivity index (χ3v) is 6.26. The summed E-state index contributed by atoms with van der Waals surface area (Å²) in [5, 5.41) is 17.2. The molecule has 4 rings (SSSR count). The predicted molar refractivity (Wildman–Crippen MR) is 158 cm³/mol. The Morgan fingerprint density at radius 1 is 1.05 bits per heavy atom. The molecule has 212 valence electrons. The van der Waals surface area contributed by atoms with Gasteiger partial charge in [-0.15, -0.1) is 13.2 Å². The van der Waals surface area contributed by atoms with Crippen molar-refractivity contribution >= 4 is 52.6 Å². The van der Waals surface area contributed by atoms with E-state index in [1.54, 1.807) is 18.3 Å². The number of carbonyl (C=O) groups is 1. The average molecular weight is 601 g/mol. The van der Waals surface area contributed by atoms with E-state index in [2.05, 4.69) is 49.9 Å². The number of thiocarbonyl (C=S) groups is 1. The molecule has 0 aliphatic rings. The van der Waals surface area contributed by atoms with Crippen LogP contribution >= 0.6 is 23.8 Å². The monoisotopic (exact) mass is 600 g/mol. The number of para-hydroxylation sites is 1. The molecule has 0 spiro atoms. The van der Waals surface area contributed by atoms with Crippen molar-refractivity contribution < 1.29 is 22.7 Å². The first kappa shape index (κ1) is 29.6. The van der Waals surface area contributed by atoms with Crippen LogP contribution < -0.4 is 20.8 Å². The number of H-pyrrole nitrogens is 1. The number of rotatable bonds is 8. The predicted octanol–water partition coefficient (Wildman–Crippen LogP) is 7.32. The van der Waals surface area contributed by atoms with Crippen LogP contribution in [-0.2, 0) is 0 Å². The van der Waals surface area contributed by atoms with E-state index < -0.39 is 18.0 Å².